The minimum Gasteiger partial charge on any atom is -0.571 e. The van der Waals surface area contributed by atoms with Gasteiger partial charge in [-0.05, 0) is 0 Å². The molecule has 0 atom stereocenters. The van der Waals surface area contributed by atoms with Crippen LogP contribution in [0.1, 0.15) is 0 Å². The molecule has 23 heavy (non-hydrogen) atoms. The number of hydrogen-bond donors (Lipinski definition) is 0. The molecule has 4 rings (SSSR count). The van der Waals surface area contributed by atoms with Gasteiger partial charge in [0, 0.05) is 8.07 Å². The second-order valence-electron chi connectivity index (χ2n) is 5.56. The predicted molar refractivity (Wildman–Crippen MR) is 93.2 cm³/mol. The van der Waals surface area contributed by atoms with Gasteiger partial charge >= 0.3 is 18.9 Å². The van der Waals surface area contributed by atoms with Crippen molar-refractivity contribution in [2.24, 2.45) is 0 Å². The van der Waals surface area contributed by atoms with Gasteiger partial charge < -0.3 is 4.74 Å². The van der Waals surface area contributed by atoms with Crippen LogP contribution in [0.15, 0.2) is 91.0 Å². The molecule has 0 N–H and O–H groups in total. The van der Waals surface area contributed by atoms with Crippen LogP contribution < -0.4 is 34.4 Å². The van der Waals surface area contributed by atoms with Crippen LogP contribution in [0.2, 0.25) is 0 Å². The predicted octanol–water partition coefficient (Wildman–Crippen LogP) is -0.738. The summed E-state index contributed by atoms with van der Waals surface area (Å²) in [4.78, 5) is 0. The van der Waals surface area contributed by atoms with Crippen LogP contribution in [0.4, 0.5) is 0 Å². The van der Waals surface area contributed by atoms with Crippen LogP contribution >= 0.6 is 0 Å². The molecule has 108 valence electrons. The van der Waals surface area contributed by atoms with Crippen molar-refractivity contribution in [2.75, 3.05) is 6.61 Å². The maximum absolute atomic E-state index is 5.82. The van der Waals surface area contributed by atoms with E-state index in [2.05, 4.69) is 91.0 Å². The van der Waals surface area contributed by atoms with Gasteiger partial charge in [-0.1, -0.05) is 113 Å². The van der Waals surface area contributed by atoms with E-state index in [0.29, 0.717) is 0 Å². The molecular weight excluding hydrogens is 291 g/mol. The molecule has 1 saturated heterocycles. The standard InChI is InChI=1S/C20H17OSi.Li/c1-4-10-17(11-5-1)22(20-16-21-20,18-12-6-2-7-13-18)19-14-8-3-9-15-19;/h1-15H,16H2;/q-1;+1. The van der Waals surface area contributed by atoms with Gasteiger partial charge in [0.15, 0.2) is 0 Å². The van der Waals surface area contributed by atoms with Gasteiger partial charge in [0.05, 0.1) is 0 Å². The Morgan fingerprint density at radius 2 is 0.913 bits per heavy atom. The molecule has 0 aliphatic carbocycles. The molecule has 0 radical (unpaired) electrons. The second kappa shape index (κ2) is 6.90. The first-order valence-corrected chi connectivity index (χ1v) is 9.58. The Labute approximate surface area is 150 Å². The summed E-state index contributed by atoms with van der Waals surface area (Å²) in [5, 5.41) is 4.17. The van der Waals surface area contributed by atoms with Gasteiger partial charge in [-0.3, -0.25) is 0 Å². The summed E-state index contributed by atoms with van der Waals surface area (Å²) in [7, 11) is -2.20. The Morgan fingerprint density at radius 1 is 0.609 bits per heavy atom. The zero-order valence-corrected chi connectivity index (χ0v) is 14.3. The monoisotopic (exact) mass is 308 g/mol. The van der Waals surface area contributed by atoms with Crippen molar-refractivity contribution in [1.29, 1.82) is 0 Å². The molecule has 1 fully saturated rings. The summed E-state index contributed by atoms with van der Waals surface area (Å²) in [6, 6.07) is 32.5. The smallest absolute Gasteiger partial charge is 0.571 e. The van der Waals surface area contributed by atoms with E-state index in [0.717, 1.165) is 6.61 Å². The molecule has 1 aliphatic heterocycles. The van der Waals surface area contributed by atoms with E-state index < -0.39 is 8.07 Å². The molecule has 0 aromatic heterocycles. The first-order valence-electron chi connectivity index (χ1n) is 7.58. The van der Waals surface area contributed by atoms with Gasteiger partial charge in [0.2, 0.25) is 0 Å². The van der Waals surface area contributed by atoms with E-state index in [1.807, 2.05) is 0 Å². The van der Waals surface area contributed by atoms with Crippen LogP contribution in [0.25, 0.3) is 0 Å². The summed E-state index contributed by atoms with van der Waals surface area (Å²) in [5.74, 6) is 0. The number of rotatable bonds is 4. The fourth-order valence-electron chi connectivity index (χ4n) is 3.30. The maximum Gasteiger partial charge on any atom is 1.00 e. The minimum atomic E-state index is -2.20. The zero-order valence-electron chi connectivity index (χ0n) is 13.3. The van der Waals surface area contributed by atoms with E-state index >= 15 is 0 Å². The van der Waals surface area contributed by atoms with E-state index in [9.17, 15) is 0 Å². The van der Waals surface area contributed by atoms with E-state index in [1.165, 1.54) is 21.3 Å². The molecule has 1 nitrogen and oxygen atoms in total. The first-order chi connectivity index (χ1) is 10.9. The van der Waals surface area contributed by atoms with Crippen LogP contribution in [-0.4, -0.2) is 14.7 Å². The zero-order chi connectivity index (χ0) is 14.8. The molecule has 1 aliphatic rings. The summed E-state index contributed by atoms with van der Waals surface area (Å²) in [5.41, 5.74) is 1.26. The van der Waals surface area contributed by atoms with Gasteiger partial charge in [-0.2, -0.15) is 5.73 Å². The van der Waals surface area contributed by atoms with Crippen molar-refractivity contribution >= 4 is 23.6 Å². The Hall–Kier alpha value is -1.57. The van der Waals surface area contributed by atoms with Gasteiger partial charge in [-0.25, -0.2) is 0 Å². The molecule has 0 spiro atoms. The fourth-order valence-corrected chi connectivity index (χ4v) is 7.85. The number of hydrogen-bond acceptors (Lipinski definition) is 1. The SMILES string of the molecule is [Li+].c1ccc([Si](c2ccccc2)(c2ccccc2)[C-]2CO2)cc1. The van der Waals surface area contributed by atoms with Crippen molar-refractivity contribution < 1.29 is 23.6 Å². The molecule has 3 aromatic rings. The van der Waals surface area contributed by atoms with Crippen LogP contribution in [0, 0.1) is 5.73 Å². The van der Waals surface area contributed by atoms with Crippen molar-refractivity contribution in [1.82, 2.24) is 0 Å². The second-order valence-corrected chi connectivity index (χ2v) is 9.35. The third kappa shape index (κ3) is 2.84. The number of epoxide rings is 1. The van der Waals surface area contributed by atoms with E-state index in [1.54, 1.807) is 0 Å². The topological polar surface area (TPSA) is 12.5 Å². The maximum atomic E-state index is 5.82. The summed E-state index contributed by atoms with van der Waals surface area (Å²) < 4.78 is 5.82. The first kappa shape index (κ1) is 16.3. The molecule has 0 saturated carbocycles. The third-order valence-electron chi connectivity index (χ3n) is 4.33. The normalized spacial score (nSPS) is 14.1. The number of benzene rings is 3. The molecule has 0 bridgehead atoms. The van der Waals surface area contributed by atoms with Crippen LogP contribution in [0.5, 0.6) is 0 Å². The molecule has 1 heterocycles. The quantitative estimate of drug-likeness (QED) is 0.268. The summed E-state index contributed by atoms with van der Waals surface area (Å²) in [6.07, 6.45) is 0. The Morgan fingerprint density at radius 3 is 1.17 bits per heavy atom. The van der Waals surface area contributed by atoms with Crippen molar-refractivity contribution in [3.63, 3.8) is 0 Å². The Balaban J connectivity index is 0.00000156. The molecule has 0 amide bonds. The third-order valence-corrected chi connectivity index (χ3v) is 9.05. The summed E-state index contributed by atoms with van der Waals surface area (Å²) in [6.45, 7) is 0.783. The molecular formula is C20H17LiOSi. The molecule has 0 unspecified atom stereocenters. The largest absolute Gasteiger partial charge is 1.00 e. The fraction of sp³-hybridized carbons (Fsp3) is 0.0500. The van der Waals surface area contributed by atoms with Crippen molar-refractivity contribution in [3.8, 4) is 0 Å². The van der Waals surface area contributed by atoms with Gasteiger partial charge in [-0.15, -0.1) is 0 Å². The van der Waals surface area contributed by atoms with Gasteiger partial charge in [0.1, 0.15) is 0 Å². The van der Waals surface area contributed by atoms with E-state index in [4.69, 9.17) is 4.74 Å². The molecule has 3 heteroatoms. The average molecular weight is 308 g/mol. The van der Waals surface area contributed by atoms with Crippen LogP contribution in [0.3, 0.4) is 0 Å². The minimum absolute atomic E-state index is 0. The molecule has 3 aromatic carbocycles. The average Bonchev–Trinajstić information content (AvgIpc) is 3.44. The Kier molecular flexibility index (Phi) is 4.89. The van der Waals surface area contributed by atoms with Crippen molar-refractivity contribution in [3.05, 3.63) is 96.7 Å². The summed E-state index contributed by atoms with van der Waals surface area (Å²) >= 11 is 0. The van der Waals surface area contributed by atoms with Crippen LogP contribution in [-0.2, 0) is 4.74 Å². The van der Waals surface area contributed by atoms with Crippen molar-refractivity contribution in [2.45, 2.75) is 0 Å². The van der Waals surface area contributed by atoms with E-state index in [-0.39, 0.29) is 18.9 Å². The van der Waals surface area contributed by atoms with Gasteiger partial charge in [0.25, 0.3) is 0 Å². The Bertz CT molecular complexity index is 646. The number of ether oxygens (including phenoxy) is 1.